The van der Waals surface area contributed by atoms with Gasteiger partial charge in [-0.25, -0.2) is 0 Å². The summed E-state index contributed by atoms with van der Waals surface area (Å²) >= 11 is 0. The van der Waals surface area contributed by atoms with Crippen LogP contribution in [-0.2, 0) is 14.3 Å². The van der Waals surface area contributed by atoms with Crippen molar-refractivity contribution in [1.82, 2.24) is 9.88 Å². The molecule has 0 aliphatic carbocycles. The Morgan fingerprint density at radius 1 is 1.10 bits per heavy atom. The fourth-order valence-corrected chi connectivity index (χ4v) is 4.17. The number of nitrogens with one attached hydrogen (secondary N) is 1. The van der Waals surface area contributed by atoms with Crippen molar-refractivity contribution in [2.45, 2.75) is 12.5 Å². The highest BCUT2D eigenvalue weighted by Crippen LogP contribution is 2.39. The lowest BCUT2D eigenvalue weighted by Crippen LogP contribution is -3.14. The summed E-state index contributed by atoms with van der Waals surface area (Å²) in [5.41, 5.74) is 1.42. The number of pyridine rings is 1. The summed E-state index contributed by atoms with van der Waals surface area (Å²) < 4.78 is 5.40. The maximum absolute atomic E-state index is 12.9. The maximum Gasteiger partial charge on any atom is 0.295 e. The number of aromatic nitrogens is 1. The number of ketones is 1. The molecule has 2 N–H and O–H groups in total. The number of quaternary nitrogens is 1. The molecule has 1 aromatic heterocycles. The van der Waals surface area contributed by atoms with Crippen LogP contribution in [0.2, 0.25) is 0 Å². The zero-order valence-corrected chi connectivity index (χ0v) is 16.8. The van der Waals surface area contributed by atoms with Gasteiger partial charge in [0.1, 0.15) is 18.8 Å². The SMILES string of the molecule is O=C1C(=O)N(CCC[NH+]2CCOCC2)[C@@H](c2ccccc2)C1=C(O)c1ccncc1. The fraction of sp³-hybridized carbons (Fsp3) is 0.348. The Balaban J connectivity index is 1.63. The molecule has 1 amide bonds. The second kappa shape index (κ2) is 9.19. The number of rotatable bonds is 6. The molecule has 3 heterocycles. The van der Waals surface area contributed by atoms with E-state index >= 15 is 0 Å². The third-order valence-electron chi connectivity index (χ3n) is 5.74. The van der Waals surface area contributed by atoms with Crippen LogP contribution in [-0.4, -0.2) is 66.1 Å². The number of carbonyl (C=O) groups is 2. The molecule has 1 aromatic carbocycles. The minimum Gasteiger partial charge on any atom is -0.507 e. The van der Waals surface area contributed by atoms with Crippen LogP contribution in [0.25, 0.3) is 5.76 Å². The highest BCUT2D eigenvalue weighted by atomic mass is 16.5. The van der Waals surface area contributed by atoms with Crippen molar-refractivity contribution in [3.05, 3.63) is 71.6 Å². The first-order valence-corrected chi connectivity index (χ1v) is 10.3. The number of likely N-dealkylation sites (tertiary alicyclic amines) is 1. The standard InChI is InChI=1S/C23H25N3O4/c27-21(18-7-9-24-10-8-18)19-20(17-5-2-1-3-6-17)26(23(29)22(19)28)12-4-11-25-13-15-30-16-14-25/h1-3,5-10,20,27H,4,11-16H2/p+1/t20-/m0/s1. The number of morpholine rings is 1. The first-order valence-electron chi connectivity index (χ1n) is 10.3. The molecule has 2 fully saturated rings. The van der Waals surface area contributed by atoms with Gasteiger partial charge in [-0.05, 0) is 17.7 Å². The molecule has 2 aliphatic heterocycles. The summed E-state index contributed by atoms with van der Waals surface area (Å²) in [7, 11) is 0. The van der Waals surface area contributed by atoms with Crippen molar-refractivity contribution in [3.8, 4) is 0 Å². The second-order valence-electron chi connectivity index (χ2n) is 7.60. The van der Waals surface area contributed by atoms with E-state index in [9.17, 15) is 14.7 Å². The number of aliphatic hydroxyl groups excluding tert-OH is 1. The highest BCUT2D eigenvalue weighted by Gasteiger charge is 2.45. The number of amides is 1. The molecule has 1 atom stereocenters. The van der Waals surface area contributed by atoms with Gasteiger partial charge in [0.2, 0.25) is 0 Å². The Labute approximate surface area is 175 Å². The predicted octanol–water partition coefficient (Wildman–Crippen LogP) is 0.809. The lowest BCUT2D eigenvalue weighted by atomic mass is 9.95. The van der Waals surface area contributed by atoms with Gasteiger partial charge in [0.05, 0.1) is 31.4 Å². The molecule has 0 bridgehead atoms. The predicted molar refractivity (Wildman–Crippen MR) is 111 cm³/mol. The third-order valence-corrected chi connectivity index (χ3v) is 5.74. The number of aliphatic hydroxyl groups is 1. The summed E-state index contributed by atoms with van der Waals surface area (Å²) in [5.74, 6) is -1.36. The molecular formula is C23H26N3O4+. The molecule has 2 aliphatic rings. The molecule has 0 saturated carbocycles. The highest BCUT2D eigenvalue weighted by molar-refractivity contribution is 6.46. The van der Waals surface area contributed by atoms with E-state index in [1.54, 1.807) is 29.4 Å². The first kappa shape index (κ1) is 20.3. The van der Waals surface area contributed by atoms with E-state index in [4.69, 9.17) is 4.74 Å². The number of hydrogen-bond donors (Lipinski definition) is 2. The van der Waals surface area contributed by atoms with E-state index in [0.717, 1.165) is 44.8 Å². The van der Waals surface area contributed by atoms with Crippen molar-refractivity contribution in [3.63, 3.8) is 0 Å². The lowest BCUT2D eigenvalue weighted by Gasteiger charge is -2.27. The van der Waals surface area contributed by atoms with Crippen LogP contribution in [0, 0.1) is 0 Å². The number of benzene rings is 1. The van der Waals surface area contributed by atoms with Gasteiger partial charge in [-0.15, -0.1) is 0 Å². The number of ether oxygens (including phenoxy) is 1. The number of hydrogen-bond acceptors (Lipinski definition) is 5. The largest absolute Gasteiger partial charge is 0.507 e. The molecule has 0 radical (unpaired) electrons. The van der Waals surface area contributed by atoms with E-state index in [1.165, 1.54) is 4.90 Å². The van der Waals surface area contributed by atoms with Crippen molar-refractivity contribution in [2.75, 3.05) is 39.4 Å². The van der Waals surface area contributed by atoms with Crippen molar-refractivity contribution < 1.29 is 24.3 Å². The molecule has 2 aromatic rings. The molecule has 7 heteroatoms. The van der Waals surface area contributed by atoms with Crippen molar-refractivity contribution in [2.24, 2.45) is 0 Å². The van der Waals surface area contributed by atoms with Gasteiger partial charge in [0.25, 0.3) is 11.7 Å². The number of nitrogens with zero attached hydrogens (tertiary/aromatic N) is 2. The molecule has 2 saturated heterocycles. The zero-order valence-electron chi connectivity index (χ0n) is 16.8. The molecule has 0 unspecified atom stereocenters. The molecule has 30 heavy (non-hydrogen) atoms. The van der Waals surface area contributed by atoms with Gasteiger partial charge in [-0.2, -0.15) is 0 Å². The number of Topliss-reactive ketones (excluding diaryl/α,β-unsaturated/α-hetero) is 1. The number of carbonyl (C=O) groups excluding carboxylic acids is 2. The van der Waals surface area contributed by atoms with Gasteiger partial charge in [-0.1, -0.05) is 30.3 Å². The smallest absolute Gasteiger partial charge is 0.295 e. The quantitative estimate of drug-likeness (QED) is 0.420. The van der Waals surface area contributed by atoms with Crippen LogP contribution < -0.4 is 4.90 Å². The molecule has 156 valence electrons. The van der Waals surface area contributed by atoms with Crippen molar-refractivity contribution in [1.29, 1.82) is 0 Å². The topological polar surface area (TPSA) is 84.2 Å². The van der Waals surface area contributed by atoms with E-state index < -0.39 is 17.7 Å². The Kier molecular flexibility index (Phi) is 6.21. The Hall–Kier alpha value is -3.03. The average Bonchev–Trinajstić information content (AvgIpc) is 3.05. The van der Waals surface area contributed by atoms with Crippen LogP contribution in [0.15, 0.2) is 60.4 Å². The second-order valence-corrected chi connectivity index (χ2v) is 7.60. The van der Waals surface area contributed by atoms with Crippen LogP contribution in [0.1, 0.15) is 23.6 Å². The minimum absolute atomic E-state index is 0.135. The molecule has 0 spiro atoms. The summed E-state index contributed by atoms with van der Waals surface area (Å²) in [4.78, 5) is 32.9. The Morgan fingerprint density at radius 3 is 2.50 bits per heavy atom. The van der Waals surface area contributed by atoms with Crippen LogP contribution in [0.4, 0.5) is 0 Å². The summed E-state index contributed by atoms with van der Waals surface area (Å²) in [5, 5.41) is 10.9. The van der Waals surface area contributed by atoms with Crippen LogP contribution >= 0.6 is 0 Å². The normalized spacial score (nSPS) is 21.9. The molecule has 4 rings (SSSR count). The summed E-state index contributed by atoms with van der Waals surface area (Å²) in [6.45, 7) is 4.82. The van der Waals surface area contributed by atoms with E-state index in [0.29, 0.717) is 12.1 Å². The first-order chi connectivity index (χ1) is 14.7. The molecular weight excluding hydrogens is 382 g/mol. The minimum atomic E-state index is -0.642. The summed E-state index contributed by atoms with van der Waals surface area (Å²) in [6.07, 6.45) is 3.88. The third kappa shape index (κ3) is 4.13. The van der Waals surface area contributed by atoms with Crippen molar-refractivity contribution >= 4 is 17.4 Å². The van der Waals surface area contributed by atoms with E-state index in [2.05, 4.69) is 4.98 Å². The van der Waals surface area contributed by atoms with Crippen LogP contribution in [0.5, 0.6) is 0 Å². The van der Waals surface area contributed by atoms with E-state index in [1.807, 2.05) is 30.3 Å². The lowest BCUT2D eigenvalue weighted by molar-refractivity contribution is -0.908. The fourth-order valence-electron chi connectivity index (χ4n) is 4.17. The van der Waals surface area contributed by atoms with Crippen LogP contribution in [0.3, 0.4) is 0 Å². The van der Waals surface area contributed by atoms with Gasteiger partial charge in [-0.3, -0.25) is 14.6 Å². The monoisotopic (exact) mass is 408 g/mol. The van der Waals surface area contributed by atoms with Gasteiger partial charge in [0.15, 0.2) is 0 Å². The maximum atomic E-state index is 12.9. The average molecular weight is 408 g/mol. The Bertz CT molecular complexity index is 924. The van der Waals surface area contributed by atoms with Gasteiger partial charge < -0.3 is 19.6 Å². The van der Waals surface area contributed by atoms with Gasteiger partial charge >= 0.3 is 0 Å². The van der Waals surface area contributed by atoms with E-state index in [-0.39, 0.29) is 11.3 Å². The van der Waals surface area contributed by atoms with Gasteiger partial charge in [0, 0.05) is 30.9 Å². The Morgan fingerprint density at radius 2 is 1.80 bits per heavy atom. The summed E-state index contributed by atoms with van der Waals surface area (Å²) in [6, 6.07) is 12.1. The molecule has 7 nitrogen and oxygen atoms in total. The zero-order chi connectivity index (χ0) is 20.9.